The van der Waals surface area contributed by atoms with E-state index in [9.17, 15) is 4.39 Å². The third-order valence-electron chi connectivity index (χ3n) is 3.84. The molecule has 3 unspecified atom stereocenters. The molecule has 0 bridgehead atoms. The summed E-state index contributed by atoms with van der Waals surface area (Å²) < 4.78 is 19.5. The highest BCUT2D eigenvalue weighted by Crippen LogP contribution is 2.26. The maximum atomic E-state index is 13.5. The highest BCUT2D eigenvalue weighted by atomic mass is 35.5. The second kappa shape index (κ2) is 7.39. The van der Waals surface area contributed by atoms with Crippen molar-refractivity contribution in [2.24, 2.45) is 0 Å². The number of hydrogen-bond donors (Lipinski definition) is 1. The first-order valence-corrected chi connectivity index (χ1v) is 7.81. The SMILES string of the molecule is CCCNC(Cc1cccc(F)c1Cl)C1CCC(C)O1. The van der Waals surface area contributed by atoms with Crippen molar-refractivity contribution < 1.29 is 9.13 Å². The third kappa shape index (κ3) is 3.94. The first-order chi connectivity index (χ1) is 9.61. The number of rotatable bonds is 6. The molecule has 2 rings (SSSR count). The van der Waals surface area contributed by atoms with Crippen LogP contribution in [0.15, 0.2) is 18.2 Å². The summed E-state index contributed by atoms with van der Waals surface area (Å²) in [6, 6.07) is 5.20. The monoisotopic (exact) mass is 299 g/mol. The Labute approximate surface area is 125 Å². The molecule has 112 valence electrons. The van der Waals surface area contributed by atoms with E-state index in [-0.39, 0.29) is 23.0 Å². The normalized spacial score (nSPS) is 24.0. The zero-order valence-corrected chi connectivity index (χ0v) is 12.9. The van der Waals surface area contributed by atoms with E-state index < -0.39 is 0 Å². The quantitative estimate of drug-likeness (QED) is 0.858. The Hall–Kier alpha value is -0.640. The molecule has 1 heterocycles. The summed E-state index contributed by atoms with van der Waals surface area (Å²) in [4.78, 5) is 0. The van der Waals surface area contributed by atoms with Crippen LogP contribution in [-0.4, -0.2) is 24.8 Å². The topological polar surface area (TPSA) is 21.3 Å². The molecule has 1 saturated heterocycles. The van der Waals surface area contributed by atoms with Gasteiger partial charge in [0.1, 0.15) is 5.82 Å². The second-order valence-corrected chi connectivity index (χ2v) is 5.92. The molecule has 1 N–H and O–H groups in total. The van der Waals surface area contributed by atoms with Crippen LogP contribution in [0.2, 0.25) is 5.02 Å². The van der Waals surface area contributed by atoms with E-state index in [0.717, 1.165) is 31.4 Å². The predicted octanol–water partition coefficient (Wildman–Crippen LogP) is 3.96. The molecule has 1 aromatic rings. The van der Waals surface area contributed by atoms with Gasteiger partial charge < -0.3 is 10.1 Å². The number of ether oxygens (including phenoxy) is 1. The second-order valence-electron chi connectivity index (χ2n) is 5.54. The molecule has 4 heteroatoms. The summed E-state index contributed by atoms with van der Waals surface area (Å²) in [5.41, 5.74) is 0.850. The highest BCUT2D eigenvalue weighted by molar-refractivity contribution is 6.31. The van der Waals surface area contributed by atoms with E-state index in [4.69, 9.17) is 16.3 Å². The minimum atomic E-state index is -0.348. The maximum absolute atomic E-state index is 13.5. The van der Waals surface area contributed by atoms with E-state index in [2.05, 4.69) is 19.2 Å². The Balaban J connectivity index is 2.08. The maximum Gasteiger partial charge on any atom is 0.142 e. The van der Waals surface area contributed by atoms with Gasteiger partial charge in [0, 0.05) is 6.04 Å². The largest absolute Gasteiger partial charge is 0.374 e. The fourth-order valence-electron chi connectivity index (χ4n) is 2.74. The summed E-state index contributed by atoms with van der Waals surface area (Å²) in [6.45, 7) is 5.18. The molecule has 1 aliphatic rings. The number of halogens is 2. The Morgan fingerprint density at radius 3 is 2.90 bits per heavy atom. The number of benzene rings is 1. The van der Waals surface area contributed by atoms with E-state index in [0.29, 0.717) is 12.5 Å². The minimum Gasteiger partial charge on any atom is -0.374 e. The lowest BCUT2D eigenvalue weighted by Gasteiger charge is -2.25. The molecule has 0 aromatic heterocycles. The van der Waals surface area contributed by atoms with Crippen molar-refractivity contribution in [1.29, 1.82) is 0 Å². The zero-order chi connectivity index (χ0) is 14.5. The van der Waals surface area contributed by atoms with Crippen molar-refractivity contribution in [3.63, 3.8) is 0 Å². The van der Waals surface area contributed by atoms with Gasteiger partial charge in [0.25, 0.3) is 0 Å². The van der Waals surface area contributed by atoms with Crippen LogP contribution in [0.4, 0.5) is 4.39 Å². The number of nitrogens with one attached hydrogen (secondary N) is 1. The smallest absolute Gasteiger partial charge is 0.142 e. The summed E-state index contributed by atoms with van der Waals surface area (Å²) in [7, 11) is 0. The molecule has 0 aliphatic carbocycles. The molecule has 3 atom stereocenters. The first-order valence-electron chi connectivity index (χ1n) is 7.43. The van der Waals surface area contributed by atoms with Crippen molar-refractivity contribution in [2.75, 3.05) is 6.54 Å². The van der Waals surface area contributed by atoms with Crippen LogP contribution in [0.1, 0.15) is 38.7 Å². The molecule has 0 saturated carbocycles. The highest BCUT2D eigenvalue weighted by Gasteiger charge is 2.29. The van der Waals surface area contributed by atoms with Crippen LogP contribution in [0.3, 0.4) is 0 Å². The van der Waals surface area contributed by atoms with Crippen molar-refractivity contribution in [3.8, 4) is 0 Å². The van der Waals surface area contributed by atoms with E-state index >= 15 is 0 Å². The molecule has 1 fully saturated rings. The fourth-order valence-corrected chi connectivity index (χ4v) is 2.94. The van der Waals surface area contributed by atoms with Crippen molar-refractivity contribution in [2.45, 2.75) is 57.8 Å². The molecule has 0 spiro atoms. The van der Waals surface area contributed by atoms with Gasteiger partial charge in [0.15, 0.2) is 0 Å². The summed E-state index contributed by atoms with van der Waals surface area (Å²) in [5.74, 6) is -0.348. The van der Waals surface area contributed by atoms with Gasteiger partial charge in [-0.1, -0.05) is 30.7 Å². The molecule has 0 amide bonds. The van der Waals surface area contributed by atoms with Crippen molar-refractivity contribution >= 4 is 11.6 Å². The van der Waals surface area contributed by atoms with E-state index in [1.165, 1.54) is 6.07 Å². The van der Waals surface area contributed by atoms with Crippen LogP contribution >= 0.6 is 11.6 Å². The summed E-state index contributed by atoms with van der Waals surface area (Å²) in [5, 5.41) is 3.76. The third-order valence-corrected chi connectivity index (χ3v) is 4.26. The van der Waals surface area contributed by atoms with E-state index in [1.807, 2.05) is 6.07 Å². The molecular weight excluding hydrogens is 277 g/mol. The van der Waals surface area contributed by atoms with Crippen LogP contribution in [0.25, 0.3) is 0 Å². The van der Waals surface area contributed by atoms with Gasteiger partial charge >= 0.3 is 0 Å². The number of hydrogen-bond acceptors (Lipinski definition) is 2. The molecule has 2 nitrogen and oxygen atoms in total. The molecular formula is C16H23ClFNO. The Morgan fingerprint density at radius 1 is 1.45 bits per heavy atom. The van der Waals surface area contributed by atoms with Crippen LogP contribution < -0.4 is 5.32 Å². The standard InChI is InChI=1S/C16H23ClFNO/c1-3-9-19-14(15-8-7-11(2)20-15)10-12-5-4-6-13(18)16(12)17/h4-6,11,14-15,19H,3,7-10H2,1-2H3. The lowest BCUT2D eigenvalue weighted by Crippen LogP contribution is -2.42. The van der Waals surface area contributed by atoms with Crippen molar-refractivity contribution in [3.05, 3.63) is 34.6 Å². The van der Waals surface area contributed by atoms with Gasteiger partial charge in [-0.05, 0) is 50.8 Å². The van der Waals surface area contributed by atoms with Gasteiger partial charge in [-0.3, -0.25) is 0 Å². The van der Waals surface area contributed by atoms with Gasteiger partial charge in [-0.15, -0.1) is 0 Å². The van der Waals surface area contributed by atoms with Crippen molar-refractivity contribution in [1.82, 2.24) is 5.32 Å². The Bertz CT molecular complexity index is 440. The zero-order valence-electron chi connectivity index (χ0n) is 12.2. The van der Waals surface area contributed by atoms with Crippen LogP contribution in [0.5, 0.6) is 0 Å². The molecule has 20 heavy (non-hydrogen) atoms. The molecule has 1 aliphatic heterocycles. The Kier molecular flexibility index (Phi) is 5.82. The summed E-state index contributed by atoms with van der Waals surface area (Å²) in [6.07, 6.45) is 4.41. The van der Waals surface area contributed by atoms with Gasteiger partial charge in [-0.2, -0.15) is 0 Å². The molecule has 1 aromatic carbocycles. The molecule has 0 radical (unpaired) electrons. The fraction of sp³-hybridized carbons (Fsp3) is 0.625. The first kappa shape index (κ1) is 15.7. The average Bonchev–Trinajstić information content (AvgIpc) is 2.86. The predicted molar refractivity (Wildman–Crippen MR) is 80.8 cm³/mol. The lowest BCUT2D eigenvalue weighted by atomic mass is 9.99. The van der Waals surface area contributed by atoms with Gasteiger partial charge in [0.2, 0.25) is 0 Å². The van der Waals surface area contributed by atoms with E-state index in [1.54, 1.807) is 6.07 Å². The minimum absolute atomic E-state index is 0.191. The lowest BCUT2D eigenvalue weighted by molar-refractivity contribution is 0.0320. The average molecular weight is 300 g/mol. The summed E-state index contributed by atoms with van der Waals surface area (Å²) >= 11 is 6.06. The van der Waals surface area contributed by atoms with Gasteiger partial charge in [0.05, 0.1) is 17.2 Å². The van der Waals surface area contributed by atoms with Crippen LogP contribution in [0, 0.1) is 5.82 Å². The Morgan fingerprint density at radius 2 is 2.25 bits per heavy atom. The van der Waals surface area contributed by atoms with Crippen LogP contribution in [-0.2, 0) is 11.2 Å². The van der Waals surface area contributed by atoms with Gasteiger partial charge in [-0.25, -0.2) is 4.39 Å².